The summed E-state index contributed by atoms with van der Waals surface area (Å²) in [5.41, 5.74) is -0.0235. The number of alkyl halides is 3. The Morgan fingerprint density at radius 2 is 1.64 bits per heavy atom. The molecule has 172 valence electrons. The first-order valence-electron chi connectivity index (χ1n) is 10.8. The molecule has 1 atom stereocenters. The van der Waals surface area contributed by atoms with Gasteiger partial charge in [0.25, 0.3) is 11.8 Å². The normalized spacial score (nSPS) is 19.2. The molecule has 5 nitrogen and oxygen atoms in total. The Hall–Kier alpha value is -2.91. The molecule has 9 heteroatoms. The maximum absolute atomic E-state index is 12.9. The number of nitrogens with one attached hydrogen (secondary N) is 1. The van der Waals surface area contributed by atoms with E-state index in [1.807, 2.05) is 35.2 Å². The monoisotopic (exact) mass is 473 g/mol. The van der Waals surface area contributed by atoms with Gasteiger partial charge in [0.15, 0.2) is 0 Å². The summed E-state index contributed by atoms with van der Waals surface area (Å²) in [4.78, 5) is 29.4. The first-order chi connectivity index (χ1) is 15.8. The van der Waals surface area contributed by atoms with Crippen LogP contribution in [0.15, 0.2) is 54.6 Å². The lowest BCUT2D eigenvalue weighted by molar-refractivity contribution is -0.137. The second-order valence-electron chi connectivity index (χ2n) is 8.54. The van der Waals surface area contributed by atoms with Crippen LogP contribution in [0.3, 0.4) is 0 Å². The zero-order valence-corrected chi connectivity index (χ0v) is 18.5. The van der Waals surface area contributed by atoms with Gasteiger partial charge in [-0.1, -0.05) is 24.3 Å². The number of carbonyl (C=O) groups excluding carboxylic acids is 2. The standard InChI is InChI=1S/C24H22F3N3O2S/c25-24(26,27)17-7-6-16-10-21(33-20(16)11-17)23(32)30-13-19(14-30)28-18-8-9-29(12-18)22(31)15-4-2-1-3-5-15/h1-7,10-11,18-19,28H,8-9,12-14H2/t18-/m0/s1. The Kier molecular flexibility index (Phi) is 5.62. The highest BCUT2D eigenvalue weighted by Gasteiger charge is 2.36. The lowest BCUT2D eigenvalue weighted by Crippen LogP contribution is -2.61. The fourth-order valence-electron chi connectivity index (χ4n) is 4.40. The molecule has 0 saturated carbocycles. The smallest absolute Gasteiger partial charge is 0.337 e. The number of fused-ring (bicyclic) bond motifs is 1. The van der Waals surface area contributed by atoms with E-state index in [4.69, 9.17) is 0 Å². The van der Waals surface area contributed by atoms with Crippen LogP contribution in [0.1, 0.15) is 32.0 Å². The molecular weight excluding hydrogens is 451 g/mol. The van der Waals surface area contributed by atoms with E-state index < -0.39 is 11.7 Å². The molecular formula is C24H22F3N3O2S. The molecule has 0 radical (unpaired) electrons. The molecule has 2 aliphatic heterocycles. The van der Waals surface area contributed by atoms with Gasteiger partial charge in [-0.15, -0.1) is 11.3 Å². The van der Waals surface area contributed by atoms with Crippen molar-refractivity contribution in [2.75, 3.05) is 26.2 Å². The highest BCUT2D eigenvalue weighted by atomic mass is 32.1. The summed E-state index contributed by atoms with van der Waals surface area (Å²) in [7, 11) is 0. The third-order valence-corrected chi connectivity index (χ3v) is 7.28. The van der Waals surface area contributed by atoms with Crippen LogP contribution < -0.4 is 5.32 Å². The first-order valence-corrected chi connectivity index (χ1v) is 11.6. The third kappa shape index (κ3) is 4.47. The Morgan fingerprint density at radius 1 is 0.909 bits per heavy atom. The van der Waals surface area contributed by atoms with Gasteiger partial charge in [0.2, 0.25) is 0 Å². The van der Waals surface area contributed by atoms with Gasteiger partial charge in [-0.25, -0.2) is 0 Å². The van der Waals surface area contributed by atoms with E-state index >= 15 is 0 Å². The van der Waals surface area contributed by atoms with Crippen LogP contribution >= 0.6 is 11.3 Å². The van der Waals surface area contributed by atoms with Crippen LogP contribution in [-0.2, 0) is 6.18 Å². The predicted molar refractivity (Wildman–Crippen MR) is 120 cm³/mol. The lowest BCUT2D eigenvalue weighted by atomic mass is 10.1. The van der Waals surface area contributed by atoms with E-state index in [0.29, 0.717) is 46.7 Å². The second kappa shape index (κ2) is 8.46. The van der Waals surface area contributed by atoms with Gasteiger partial charge in [0.1, 0.15) is 0 Å². The number of amides is 2. The predicted octanol–water partition coefficient (Wildman–Crippen LogP) is 4.25. The van der Waals surface area contributed by atoms with E-state index in [-0.39, 0.29) is 23.9 Å². The zero-order valence-electron chi connectivity index (χ0n) is 17.6. The van der Waals surface area contributed by atoms with E-state index in [2.05, 4.69) is 5.32 Å². The highest BCUT2D eigenvalue weighted by molar-refractivity contribution is 7.20. The molecule has 0 bridgehead atoms. The quantitative estimate of drug-likeness (QED) is 0.617. The van der Waals surface area contributed by atoms with Crippen molar-refractivity contribution in [3.05, 3.63) is 70.6 Å². The minimum atomic E-state index is -4.40. The van der Waals surface area contributed by atoms with Crippen molar-refractivity contribution in [1.29, 1.82) is 0 Å². The van der Waals surface area contributed by atoms with Gasteiger partial charge in [0.05, 0.1) is 10.4 Å². The molecule has 0 unspecified atom stereocenters. The molecule has 2 aliphatic rings. The van der Waals surface area contributed by atoms with Gasteiger partial charge in [0, 0.05) is 48.5 Å². The number of likely N-dealkylation sites (tertiary alicyclic amines) is 2. The van der Waals surface area contributed by atoms with Crippen LogP contribution in [0.25, 0.3) is 10.1 Å². The highest BCUT2D eigenvalue weighted by Crippen LogP contribution is 2.35. The summed E-state index contributed by atoms with van der Waals surface area (Å²) in [5, 5.41) is 4.17. The number of halogens is 3. The Labute approximate surface area is 192 Å². The van der Waals surface area contributed by atoms with Gasteiger partial charge in [-0.3, -0.25) is 9.59 Å². The Bertz CT molecular complexity index is 1190. The Morgan fingerprint density at radius 3 is 2.36 bits per heavy atom. The van der Waals surface area contributed by atoms with Crippen molar-refractivity contribution in [1.82, 2.24) is 15.1 Å². The van der Waals surface area contributed by atoms with E-state index in [1.54, 1.807) is 11.0 Å². The van der Waals surface area contributed by atoms with Crippen molar-refractivity contribution >= 4 is 33.2 Å². The van der Waals surface area contributed by atoms with Crippen LogP contribution in [0.4, 0.5) is 13.2 Å². The molecule has 2 saturated heterocycles. The topological polar surface area (TPSA) is 52.7 Å². The van der Waals surface area contributed by atoms with Crippen LogP contribution in [-0.4, -0.2) is 59.9 Å². The largest absolute Gasteiger partial charge is 0.416 e. The maximum Gasteiger partial charge on any atom is 0.416 e. The van der Waals surface area contributed by atoms with Crippen LogP contribution in [0.2, 0.25) is 0 Å². The second-order valence-corrected chi connectivity index (χ2v) is 9.62. The summed E-state index contributed by atoms with van der Waals surface area (Å²) < 4.78 is 39.3. The number of hydrogen-bond donors (Lipinski definition) is 1. The van der Waals surface area contributed by atoms with E-state index in [9.17, 15) is 22.8 Å². The zero-order chi connectivity index (χ0) is 23.2. The van der Waals surface area contributed by atoms with Gasteiger partial charge < -0.3 is 15.1 Å². The van der Waals surface area contributed by atoms with Crippen molar-refractivity contribution in [3.63, 3.8) is 0 Å². The number of hydrogen-bond acceptors (Lipinski definition) is 4. The van der Waals surface area contributed by atoms with Crippen LogP contribution in [0, 0.1) is 0 Å². The van der Waals surface area contributed by atoms with E-state index in [1.165, 1.54) is 6.07 Å². The van der Waals surface area contributed by atoms with Gasteiger partial charge in [-0.2, -0.15) is 13.2 Å². The van der Waals surface area contributed by atoms with Crippen molar-refractivity contribution < 1.29 is 22.8 Å². The average Bonchev–Trinajstić information content (AvgIpc) is 3.41. The summed E-state index contributed by atoms with van der Waals surface area (Å²) >= 11 is 1.09. The summed E-state index contributed by atoms with van der Waals surface area (Å²) in [6, 6.07) is 14.8. The molecule has 33 heavy (non-hydrogen) atoms. The summed E-state index contributed by atoms with van der Waals surface area (Å²) in [5.74, 6) is -0.126. The van der Waals surface area contributed by atoms with Crippen molar-refractivity contribution in [2.24, 2.45) is 0 Å². The number of rotatable bonds is 4. The van der Waals surface area contributed by atoms with Crippen molar-refractivity contribution in [2.45, 2.75) is 24.7 Å². The van der Waals surface area contributed by atoms with Crippen LogP contribution in [0.5, 0.6) is 0 Å². The Balaban J connectivity index is 1.14. The number of benzene rings is 2. The number of thiophene rings is 1. The van der Waals surface area contributed by atoms with Gasteiger partial charge >= 0.3 is 6.18 Å². The van der Waals surface area contributed by atoms with E-state index in [0.717, 1.165) is 29.9 Å². The molecule has 1 aromatic heterocycles. The van der Waals surface area contributed by atoms with Gasteiger partial charge in [-0.05, 0) is 42.1 Å². The fourth-order valence-corrected chi connectivity index (χ4v) is 5.47. The summed E-state index contributed by atoms with van der Waals surface area (Å²) in [6.45, 7) is 2.42. The average molecular weight is 474 g/mol. The molecule has 2 fully saturated rings. The minimum absolute atomic E-state index is 0.0313. The number of nitrogens with zero attached hydrogens (tertiary/aromatic N) is 2. The molecule has 5 rings (SSSR count). The molecule has 3 heterocycles. The SMILES string of the molecule is O=C(c1ccccc1)N1CC[C@H](NC2CN(C(=O)c3cc4ccc(C(F)(F)F)cc4s3)C2)C1. The summed E-state index contributed by atoms with van der Waals surface area (Å²) in [6.07, 6.45) is -3.54. The van der Waals surface area contributed by atoms with Crippen molar-refractivity contribution in [3.8, 4) is 0 Å². The molecule has 0 spiro atoms. The number of carbonyl (C=O) groups is 2. The molecule has 0 aliphatic carbocycles. The minimum Gasteiger partial charge on any atom is -0.337 e. The maximum atomic E-state index is 12.9. The fraction of sp³-hybridized carbons (Fsp3) is 0.333. The molecule has 2 aromatic carbocycles. The molecule has 1 N–H and O–H groups in total. The lowest BCUT2D eigenvalue weighted by Gasteiger charge is -2.40. The third-order valence-electron chi connectivity index (χ3n) is 6.19. The first kappa shape index (κ1) is 21.9. The molecule has 2 amide bonds. The molecule has 3 aromatic rings.